The van der Waals surface area contributed by atoms with Gasteiger partial charge >= 0.3 is 41.3 Å². The molecule has 0 amide bonds. The minimum absolute atomic E-state index is 0. The number of hydrogen-bond donors (Lipinski definition) is 0. The second kappa shape index (κ2) is 13.6. The van der Waals surface area contributed by atoms with Gasteiger partial charge in [0.2, 0.25) is 0 Å². The zero-order valence-electron chi connectivity index (χ0n) is 17.2. The summed E-state index contributed by atoms with van der Waals surface area (Å²) in [7, 11) is 0. The van der Waals surface area contributed by atoms with Gasteiger partial charge in [0.25, 0.3) is 0 Å². The van der Waals surface area contributed by atoms with E-state index >= 15 is 0 Å². The van der Waals surface area contributed by atoms with E-state index in [4.69, 9.17) is 0 Å². The van der Waals surface area contributed by atoms with Gasteiger partial charge in [-0.3, -0.25) is 6.08 Å². The number of allylic oxidation sites excluding steroid dienone is 4. The fraction of sp³-hybridized carbons (Fsp3) is 0.111. The van der Waals surface area contributed by atoms with Crippen molar-refractivity contribution in [2.24, 2.45) is 0 Å². The van der Waals surface area contributed by atoms with Crippen LogP contribution in [0.15, 0.2) is 97.1 Å². The van der Waals surface area contributed by atoms with Crippen molar-refractivity contribution < 1.29 is 49.0 Å². The smallest absolute Gasteiger partial charge is 0.0623 e. The first-order valence-corrected chi connectivity index (χ1v) is 10.7. The number of benzene rings is 3. The van der Waals surface area contributed by atoms with Crippen LogP contribution in [-0.2, 0) is 24.2 Å². The molecule has 4 aromatic rings. The maximum Gasteiger partial charge on any atom is -0.0623 e. The molecule has 1 aliphatic carbocycles. The molecule has 0 saturated carbocycles. The monoisotopic (exact) mass is 508 g/mol. The van der Waals surface area contributed by atoms with Gasteiger partial charge in [-0.05, 0) is 0 Å². The summed E-state index contributed by atoms with van der Waals surface area (Å²) in [5.41, 5.74) is 2.59. The van der Waals surface area contributed by atoms with Crippen molar-refractivity contribution in [2.75, 3.05) is 0 Å². The van der Waals surface area contributed by atoms with Gasteiger partial charge in [0.1, 0.15) is 0 Å². The molecule has 3 heteroatoms. The first-order valence-electron chi connectivity index (χ1n) is 9.52. The molecular formula is C27H24Cl2Zr-2. The summed E-state index contributed by atoms with van der Waals surface area (Å²) < 4.78 is 1.51. The first-order chi connectivity index (χ1) is 13.6. The van der Waals surface area contributed by atoms with Crippen LogP contribution in [0.5, 0.6) is 0 Å². The van der Waals surface area contributed by atoms with E-state index in [2.05, 4.69) is 111 Å². The maximum absolute atomic E-state index is 3.15. The Morgan fingerprint density at radius 1 is 0.767 bits per heavy atom. The van der Waals surface area contributed by atoms with Crippen LogP contribution in [-0.4, -0.2) is 3.21 Å². The van der Waals surface area contributed by atoms with Crippen molar-refractivity contribution in [2.45, 2.75) is 20.3 Å². The molecule has 4 aromatic carbocycles. The number of halogens is 2. The zero-order chi connectivity index (χ0) is 19.8. The standard InChI is InChI=1S/C13H9.C11H9.C3H6.2ClH.Zr/c1-3-7-12-10(5-1)9-11-6-2-4-8-13(11)12;1-2-6-10(7-3-1)11-8-4-5-9-11;1-3-2;;;/h1-9H;1-3,6-9H,4H2;1-2H3;2*1H;/q2*-1;;;;+2/p-2. The summed E-state index contributed by atoms with van der Waals surface area (Å²) >= 11 is 1.55. The van der Waals surface area contributed by atoms with Crippen LogP contribution in [0.2, 0.25) is 0 Å². The van der Waals surface area contributed by atoms with Gasteiger partial charge in [-0.15, -0.1) is 51.7 Å². The van der Waals surface area contributed by atoms with Gasteiger partial charge in [0.05, 0.1) is 0 Å². The van der Waals surface area contributed by atoms with Gasteiger partial charge < -0.3 is 24.8 Å². The Morgan fingerprint density at radius 2 is 1.23 bits per heavy atom. The van der Waals surface area contributed by atoms with Crippen molar-refractivity contribution in [3.8, 4) is 0 Å². The second-order valence-electron chi connectivity index (χ2n) is 6.90. The fourth-order valence-electron chi connectivity index (χ4n) is 3.13. The predicted octanol–water partition coefficient (Wildman–Crippen LogP) is 1.30. The largest absolute Gasteiger partial charge is 1.00 e. The third-order valence-electron chi connectivity index (χ3n) is 4.33. The van der Waals surface area contributed by atoms with Crippen LogP contribution < -0.4 is 24.8 Å². The molecule has 152 valence electrons. The van der Waals surface area contributed by atoms with Crippen LogP contribution in [0, 0.1) is 6.08 Å². The van der Waals surface area contributed by atoms with E-state index < -0.39 is 0 Å². The molecule has 0 unspecified atom stereocenters. The Bertz CT molecular complexity index is 1070. The normalized spacial score (nSPS) is 11.3. The molecule has 0 atom stereocenters. The van der Waals surface area contributed by atoms with Gasteiger partial charge in [-0.25, -0.2) is 6.08 Å². The summed E-state index contributed by atoms with van der Waals surface area (Å²) in [4.78, 5) is 0. The predicted molar refractivity (Wildman–Crippen MR) is 120 cm³/mol. The van der Waals surface area contributed by atoms with Gasteiger partial charge in [0, 0.05) is 0 Å². The Morgan fingerprint density at radius 3 is 1.70 bits per heavy atom. The van der Waals surface area contributed by atoms with Crippen LogP contribution in [0.25, 0.3) is 27.1 Å². The van der Waals surface area contributed by atoms with Crippen LogP contribution >= 0.6 is 0 Å². The van der Waals surface area contributed by atoms with E-state index in [9.17, 15) is 0 Å². The fourth-order valence-corrected chi connectivity index (χ4v) is 3.13. The van der Waals surface area contributed by atoms with Crippen LogP contribution in [0.1, 0.15) is 25.8 Å². The molecule has 0 N–H and O–H groups in total. The van der Waals surface area contributed by atoms with Crippen molar-refractivity contribution >= 4 is 30.3 Å². The number of hydrogen-bond acceptors (Lipinski definition) is 0. The third-order valence-corrected chi connectivity index (χ3v) is 4.33. The molecule has 0 fully saturated rings. The minimum atomic E-state index is 0. The zero-order valence-corrected chi connectivity index (χ0v) is 21.2. The second-order valence-corrected chi connectivity index (χ2v) is 9.35. The molecule has 0 aliphatic heterocycles. The van der Waals surface area contributed by atoms with E-state index in [1.54, 1.807) is 24.2 Å². The van der Waals surface area contributed by atoms with Crippen molar-refractivity contribution in [1.29, 1.82) is 0 Å². The molecule has 5 rings (SSSR count). The molecule has 0 spiro atoms. The van der Waals surface area contributed by atoms with Gasteiger partial charge in [-0.2, -0.15) is 11.6 Å². The Hall–Kier alpha value is -1.66. The molecule has 0 saturated heterocycles. The topological polar surface area (TPSA) is 0 Å². The van der Waals surface area contributed by atoms with Crippen LogP contribution in [0.4, 0.5) is 0 Å². The van der Waals surface area contributed by atoms with E-state index in [0.717, 1.165) is 6.42 Å². The van der Waals surface area contributed by atoms with E-state index in [1.807, 2.05) is 6.07 Å². The summed E-state index contributed by atoms with van der Waals surface area (Å²) in [6.45, 7) is 4.25. The van der Waals surface area contributed by atoms with E-state index in [-0.39, 0.29) is 24.8 Å². The molecule has 1 aliphatic rings. The van der Waals surface area contributed by atoms with Crippen LogP contribution in [0.3, 0.4) is 0 Å². The average Bonchev–Trinajstić information content (AvgIpc) is 3.37. The molecule has 0 nitrogen and oxygen atoms in total. The number of fused-ring (bicyclic) bond motifs is 3. The number of rotatable bonds is 1. The van der Waals surface area contributed by atoms with E-state index in [0.29, 0.717) is 0 Å². The van der Waals surface area contributed by atoms with Crippen molar-refractivity contribution in [3.63, 3.8) is 0 Å². The SMILES string of the molecule is C[C](C)=[Zr+2].[C-]1=CC(c2ccccc2)=CC1.[Cl-].[Cl-].c1ccc2c(c1)[cH-]c1ccccc12. The summed E-state index contributed by atoms with van der Waals surface area (Å²) in [5.74, 6) is 0. The van der Waals surface area contributed by atoms with E-state index in [1.165, 1.54) is 35.9 Å². The van der Waals surface area contributed by atoms with Gasteiger partial charge in [-0.1, -0.05) is 66.7 Å². The molecule has 0 aromatic heterocycles. The summed E-state index contributed by atoms with van der Waals surface area (Å²) in [6, 6.07) is 29.7. The molecular weight excluding hydrogens is 486 g/mol. The first kappa shape index (κ1) is 26.4. The van der Waals surface area contributed by atoms with Crippen molar-refractivity contribution in [3.05, 3.63) is 109 Å². The minimum Gasteiger partial charge on any atom is -1.00 e. The molecule has 30 heavy (non-hydrogen) atoms. The Kier molecular flexibility index (Phi) is 12.0. The Balaban J connectivity index is 0.000000244. The third kappa shape index (κ3) is 7.55. The molecule has 0 bridgehead atoms. The summed E-state index contributed by atoms with van der Waals surface area (Å²) in [6.07, 6.45) is 8.36. The Labute approximate surface area is 207 Å². The molecule has 0 heterocycles. The van der Waals surface area contributed by atoms with Gasteiger partial charge in [0.15, 0.2) is 0 Å². The van der Waals surface area contributed by atoms with Crippen molar-refractivity contribution in [1.82, 2.24) is 0 Å². The summed E-state index contributed by atoms with van der Waals surface area (Å²) in [5, 5.41) is 5.39. The molecule has 0 radical (unpaired) electrons. The maximum atomic E-state index is 3.15. The average molecular weight is 511 g/mol. The quantitative estimate of drug-likeness (QED) is 0.339.